The Morgan fingerprint density at radius 3 is 2.24 bits per heavy atom. The summed E-state index contributed by atoms with van der Waals surface area (Å²) in [6.07, 6.45) is 10.7. The van der Waals surface area contributed by atoms with Gasteiger partial charge >= 0.3 is 0 Å². The van der Waals surface area contributed by atoms with E-state index >= 15 is 0 Å². The van der Waals surface area contributed by atoms with Gasteiger partial charge in [0, 0.05) is 18.3 Å². The summed E-state index contributed by atoms with van der Waals surface area (Å²) in [4.78, 5) is 26.8. The number of allylic oxidation sites excluding steroid dienone is 2. The van der Waals surface area contributed by atoms with E-state index in [-0.39, 0.29) is 56.2 Å². The quantitative estimate of drug-likeness (QED) is 0.465. The van der Waals surface area contributed by atoms with Gasteiger partial charge in [0.25, 0.3) is 0 Å². The topological polar surface area (TPSA) is 54.4 Å². The van der Waals surface area contributed by atoms with Crippen LogP contribution in [-0.2, 0) is 9.59 Å². The first-order valence-corrected chi connectivity index (χ1v) is 13.9. The third-order valence-electron chi connectivity index (χ3n) is 13.2. The molecule has 0 spiro atoms. The first-order chi connectivity index (χ1) is 15.6. The lowest BCUT2D eigenvalue weighted by molar-refractivity contribution is -0.202. The molecule has 5 rings (SSSR count). The zero-order chi connectivity index (χ0) is 25.1. The summed E-state index contributed by atoms with van der Waals surface area (Å²) in [6.45, 7) is 20.1. The standard InChI is InChI=1S/C31H47O3/c1-19(32)28(5)14-13-27(4)15-16-30(7)20(21(27)18-28)17-22(33)25-29(6)11-10-24(34)26(2,3)23(29)9-12-31(25,30)8/h17,21,23-25,34H,1,9-16,18H2,2-8H3/t21-,23?,24+,25?,27-,28+,29+,30-,31-/m1/s1. The molecule has 9 atom stereocenters. The summed E-state index contributed by atoms with van der Waals surface area (Å²) in [5, 5.41) is 10.9. The van der Waals surface area contributed by atoms with Gasteiger partial charge in [-0.25, -0.2) is 0 Å². The number of aliphatic hydroxyl groups is 1. The Morgan fingerprint density at radius 2 is 1.59 bits per heavy atom. The SMILES string of the molecule is [CH2]C(=O)[C@@]1(C)CC[C@]2(C)CC[C@]3(C)C(=CC(=O)C4[C@@]5(C)CC[C@H](O)C(C)(C)C5CC[C@]43C)[C@H]2C1. The maximum atomic E-state index is 14.2. The molecule has 1 N–H and O–H groups in total. The number of hydrogen-bond acceptors (Lipinski definition) is 3. The third-order valence-corrected chi connectivity index (χ3v) is 13.2. The number of fused-ring (bicyclic) bond motifs is 7. The van der Waals surface area contributed by atoms with Crippen molar-refractivity contribution in [2.45, 2.75) is 112 Å². The van der Waals surface area contributed by atoms with Crippen LogP contribution < -0.4 is 0 Å². The highest BCUT2D eigenvalue weighted by Crippen LogP contribution is 2.75. The van der Waals surface area contributed by atoms with Crippen molar-refractivity contribution in [2.75, 3.05) is 0 Å². The second-order valence-electron chi connectivity index (χ2n) is 15.1. The van der Waals surface area contributed by atoms with Crippen LogP contribution in [0.25, 0.3) is 0 Å². The molecule has 1 radical (unpaired) electrons. The molecule has 3 nitrogen and oxygen atoms in total. The van der Waals surface area contributed by atoms with Crippen molar-refractivity contribution < 1.29 is 14.7 Å². The van der Waals surface area contributed by atoms with Gasteiger partial charge in [-0.2, -0.15) is 0 Å². The lowest BCUT2D eigenvalue weighted by Gasteiger charge is -2.70. The third kappa shape index (κ3) is 2.86. The average Bonchev–Trinajstić information content (AvgIpc) is 2.73. The number of rotatable bonds is 1. The summed E-state index contributed by atoms with van der Waals surface area (Å²) < 4.78 is 0. The van der Waals surface area contributed by atoms with E-state index in [0.717, 1.165) is 51.4 Å². The van der Waals surface area contributed by atoms with Crippen molar-refractivity contribution in [3.63, 3.8) is 0 Å². The highest BCUT2D eigenvalue weighted by Gasteiger charge is 2.70. The summed E-state index contributed by atoms with van der Waals surface area (Å²) in [7, 11) is 0. The maximum Gasteiger partial charge on any atom is 0.159 e. The van der Waals surface area contributed by atoms with Crippen molar-refractivity contribution in [2.24, 2.45) is 50.2 Å². The highest BCUT2D eigenvalue weighted by atomic mass is 16.3. The molecular weight excluding hydrogens is 420 g/mol. The maximum absolute atomic E-state index is 14.2. The first-order valence-electron chi connectivity index (χ1n) is 13.9. The van der Waals surface area contributed by atoms with Gasteiger partial charge in [0.15, 0.2) is 5.78 Å². The first kappa shape index (κ1) is 24.7. The monoisotopic (exact) mass is 467 g/mol. The van der Waals surface area contributed by atoms with E-state index in [0.29, 0.717) is 11.7 Å². The molecule has 5 aliphatic carbocycles. The molecule has 0 heterocycles. The molecule has 0 aromatic carbocycles. The lowest BCUT2D eigenvalue weighted by Crippen LogP contribution is -2.66. The van der Waals surface area contributed by atoms with Gasteiger partial charge in [0.2, 0.25) is 0 Å². The number of aliphatic hydroxyl groups excluding tert-OH is 1. The van der Waals surface area contributed by atoms with Crippen LogP contribution in [0.4, 0.5) is 0 Å². The van der Waals surface area contributed by atoms with E-state index in [9.17, 15) is 14.7 Å². The van der Waals surface area contributed by atoms with E-state index < -0.39 is 0 Å². The van der Waals surface area contributed by atoms with Crippen LogP contribution in [0.1, 0.15) is 106 Å². The number of carbonyl (C=O) groups excluding carboxylic acids is 2. The van der Waals surface area contributed by atoms with E-state index in [4.69, 9.17) is 0 Å². The zero-order valence-corrected chi connectivity index (χ0v) is 22.7. The molecule has 4 saturated carbocycles. The fourth-order valence-electron chi connectivity index (χ4n) is 10.4. The van der Waals surface area contributed by atoms with Gasteiger partial charge in [0.05, 0.1) is 6.10 Å². The van der Waals surface area contributed by atoms with Crippen LogP contribution in [0, 0.1) is 57.2 Å². The van der Waals surface area contributed by atoms with Crippen LogP contribution in [0.15, 0.2) is 11.6 Å². The molecule has 0 aromatic heterocycles. The molecule has 5 aliphatic rings. The van der Waals surface area contributed by atoms with E-state index in [2.05, 4.69) is 61.5 Å². The Kier molecular flexibility index (Phi) is 5.15. The summed E-state index contributed by atoms with van der Waals surface area (Å²) in [6, 6.07) is 0. The molecule has 2 unspecified atom stereocenters. The van der Waals surface area contributed by atoms with Gasteiger partial charge in [0.1, 0.15) is 5.78 Å². The Labute approximate surface area is 207 Å². The summed E-state index contributed by atoms with van der Waals surface area (Å²) in [5.74, 6) is 1.04. The largest absolute Gasteiger partial charge is 0.393 e. The van der Waals surface area contributed by atoms with Crippen molar-refractivity contribution in [3.8, 4) is 0 Å². The Hall–Kier alpha value is -0.960. The normalized spacial score (nSPS) is 54.1. The average molecular weight is 468 g/mol. The van der Waals surface area contributed by atoms with Crippen LogP contribution in [0.5, 0.6) is 0 Å². The molecule has 0 amide bonds. The van der Waals surface area contributed by atoms with Crippen molar-refractivity contribution in [1.29, 1.82) is 0 Å². The van der Waals surface area contributed by atoms with E-state index in [1.165, 1.54) is 12.0 Å². The Balaban J connectivity index is 1.62. The summed E-state index contributed by atoms with van der Waals surface area (Å²) in [5.41, 5.74) is 0.801. The van der Waals surface area contributed by atoms with Crippen molar-refractivity contribution in [1.82, 2.24) is 0 Å². The Morgan fingerprint density at radius 1 is 0.941 bits per heavy atom. The number of carbonyl (C=O) groups is 2. The van der Waals surface area contributed by atoms with Gasteiger partial charge in [-0.05, 0) is 103 Å². The molecule has 3 heteroatoms. The van der Waals surface area contributed by atoms with Crippen molar-refractivity contribution >= 4 is 11.6 Å². The minimum absolute atomic E-state index is 0.00748. The van der Waals surface area contributed by atoms with Crippen LogP contribution in [0.2, 0.25) is 0 Å². The van der Waals surface area contributed by atoms with Gasteiger partial charge in [-0.3, -0.25) is 9.59 Å². The number of Topliss-reactive ketones (excluding diaryl/α,β-unsaturated/α-hetero) is 1. The molecule has 0 saturated heterocycles. The summed E-state index contributed by atoms with van der Waals surface area (Å²) >= 11 is 0. The van der Waals surface area contributed by atoms with Crippen LogP contribution >= 0.6 is 0 Å². The number of hydrogen-bond donors (Lipinski definition) is 1. The van der Waals surface area contributed by atoms with Gasteiger partial charge in [-0.1, -0.05) is 54.0 Å². The minimum atomic E-state index is -0.378. The molecule has 0 bridgehead atoms. The molecule has 0 aliphatic heterocycles. The van der Waals surface area contributed by atoms with Crippen molar-refractivity contribution in [3.05, 3.63) is 18.6 Å². The van der Waals surface area contributed by atoms with E-state index in [1.807, 2.05) is 0 Å². The second-order valence-corrected chi connectivity index (χ2v) is 15.1. The Bertz CT molecular complexity index is 962. The number of ketones is 2. The molecule has 189 valence electrons. The molecule has 34 heavy (non-hydrogen) atoms. The highest BCUT2D eigenvalue weighted by molar-refractivity contribution is 5.96. The van der Waals surface area contributed by atoms with Crippen LogP contribution in [0.3, 0.4) is 0 Å². The zero-order valence-electron chi connectivity index (χ0n) is 22.7. The fourth-order valence-corrected chi connectivity index (χ4v) is 10.4. The predicted octanol–water partition coefficient (Wildman–Crippen LogP) is 6.73. The molecule has 4 fully saturated rings. The smallest absolute Gasteiger partial charge is 0.159 e. The second kappa shape index (κ2) is 7.08. The minimum Gasteiger partial charge on any atom is -0.393 e. The molecule has 0 aromatic rings. The van der Waals surface area contributed by atoms with Crippen LogP contribution in [-0.4, -0.2) is 22.8 Å². The van der Waals surface area contributed by atoms with E-state index in [1.54, 1.807) is 0 Å². The fraction of sp³-hybridized carbons (Fsp3) is 0.839. The van der Waals surface area contributed by atoms with Gasteiger partial charge in [-0.15, -0.1) is 0 Å². The lowest BCUT2D eigenvalue weighted by atomic mass is 9.33. The van der Waals surface area contributed by atoms with Gasteiger partial charge < -0.3 is 5.11 Å². The predicted molar refractivity (Wildman–Crippen MR) is 136 cm³/mol. The molecular formula is C31H47O3.